The summed E-state index contributed by atoms with van der Waals surface area (Å²) in [6, 6.07) is 61.4. The maximum absolute atomic E-state index is 6.58. The van der Waals surface area contributed by atoms with Gasteiger partial charge in [0.15, 0.2) is 0 Å². The Morgan fingerprint density at radius 2 is 0.762 bits per heavy atom. The van der Waals surface area contributed by atoms with Crippen LogP contribution >= 0.6 is 11.3 Å². The lowest BCUT2D eigenvalue weighted by molar-refractivity contribution is 1.16. The number of fused-ring (bicyclic) bond motifs is 12. The third kappa shape index (κ3) is 5.09. The fraction of sp³-hybridized carbons (Fsp3) is 0. The van der Waals surface area contributed by atoms with Crippen LogP contribution in [0.25, 0.3) is 114 Å². The van der Waals surface area contributed by atoms with Crippen LogP contribution in [0.5, 0.6) is 0 Å². The molecule has 3 nitrogen and oxygen atoms in total. The molecule has 0 amide bonds. The van der Waals surface area contributed by atoms with E-state index in [9.17, 15) is 0 Å². The van der Waals surface area contributed by atoms with Gasteiger partial charge < -0.3 is 13.7 Å². The molecule has 13 aromatic rings. The molecule has 0 atom stereocenters. The minimum absolute atomic E-state index is 0.204. The number of nitrogens with zero attached hydrogens (tertiary/aromatic N) is 3. The van der Waals surface area contributed by atoms with Crippen LogP contribution in [-0.2, 0) is 0 Å². The summed E-state index contributed by atoms with van der Waals surface area (Å²) in [4.78, 5) is 0. The maximum atomic E-state index is 6.58. The molecule has 280 valence electrons. The molecule has 4 heterocycles. The van der Waals surface area contributed by atoms with Crippen molar-refractivity contribution in [1.82, 2.24) is 13.7 Å². The summed E-state index contributed by atoms with van der Waals surface area (Å²) in [6.45, 7) is 0. The van der Waals surface area contributed by atoms with E-state index < -0.39 is 0 Å². The highest BCUT2D eigenvalue weighted by Gasteiger charge is 2.21. The minimum atomic E-state index is 0.204. The normalized spacial score (nSPS) is 12.1. The van der Waals surface area contributed by atoms with E-state index in [4.69, 9.17) is 39.2 Å². The van der Waals surface area contributed by atoms with Crippen molar-refractivity contribution in [2.24, 2.45) is 0 Å². The number of para-hydroxylation sites is 4. The van der Waals surface area contributed by atoms with Crippen LogP contribution in [0.15, 0.2) is 170 Å². The van der Waals surface area contributed by atoms with Gasteiger partial charge in [-0.3, -0.25) is 0 Å². The average Bonchev–Trinajstić information content (AvgIpc) is 4.06. The molecule has 0 bridgehead atoms. The Balaban J connectivity index is 1.02. The Bertz CT molecular complexity index is 4030. The highest BCUT2D eigenvalue weighted by molar-refractivity contribution is 7.26. The van der Waals surface area contributed by atoms with Crippen LogP contribution in [0.4, 0.5) is 0 Å². The van der Waals surface area contributed by atoms with E-state index >= 15 is 0 Å². The van der Waals surface area contributed by atoms with Gasteiger partial charge in [0.25, 0.3) is 0 Å². The number of hydrogen-bond acceptors (Lipinski definition) is 1. The molecule has 10 radical (unpaired) electrons. The van der Waals surface area contributed by atoms with Gasteiger partial charge in [-0.05, 0) is 96.1 Å². The quantitative estimate of drug-likeness (QED) is 0.158. The summed E-state index contributed by atoms with van der Waals surface area (Å²) >= 11 is 1.76. The highest BCUT2D eigenvalue weighted by Crippen LogP contribution is 2.43. The smallest absolute Gasteiger partial charge is 0.113 e. The van der Waals surface area contributed by atoms with Gasteiger partial charge in [0.1, 0.15) is 39.2 Å². The molecule has 9 heteroatoms. The van der Waals surface area contributed by atoms with Crippen molar-refractivity contribution in [2.75, 3.05) is 0 Å². The van der Waals surface area contributed by atoms with Crippen LogP contribution in [0, 0.1) is 0 Å². The van der Waals surface area contributed by atoms with E-state index in [1.807, 2.05) is 6.07 Å². The highest BCUT2D eigenvalue weighted by atomic mass is 32.1. The molecule has 0 fully saturated rings. The van der Waals surface area contributed by atoms with Gasteiger partial charge in [-0.1, -0.05) is 95.9 Å². The molecule has 63 heavy (non-hydrogen) atoms. The van der Waals surface area contributed by atoms with E-state index in [0.717, 1.165) is 60.2 Å². The van der Waals surface area contributed by atoms with Crippen molar-refractivity contribution in [3.63, 3.8) is 0 Å². The third-order valence-corrected chi connectivity index (χ3v) is 14.2. The first-order chi connectivity index (χ1) is 30.9. The molecule has 0 spiro atoms. The monoisotopic (exact) mass is 805 g/mol. The van der Waals surface area contributed by atoms with Gasteiger partial charge in [-0.2, -0.15) is 0 Å². The lowest BCUT2D eigenvalue weighted by atomic mass is 9.59. The molecule has 0 saturated carbocycles. The summed E-state index contributed by atoms with van der Waals surface area (Å²) in [5.41, 5.74) is 13.0. The van der Waals surface area contributed by atoms with Crippen molar-refractivity contribution in [3.05, 3.63) is 170 Å². The Kier molecular flexibility index (Phi) is 7.81. The van der Waals surface area contributed by atoms with Gasteiger partial charge in [0.05, 0.1) is 38.8 Å². The Hall–Kier alpha value is -7.08. The van der Waals surface area contributed by atoms with E-state index in [1.165, 1.54) is 48.1 Å². The lowest BCUT2D eigenvalue weighted by Gasteiger charge is -2.21. The van der Waals surface area contributed by atoms with Crippen molar-refractivity contribution >= 4 is 163 Å². The second kappa shape index (κ2) is 13.5. The number of benzene rings is 9. The fourth-order valence-corrected chi connectivity index (χ4v) is 11.4. The predicted octanol–water partition coefficient (Wildman–Crippen LogP) is 8.98. The first-order valence-corrected chi connectivity index (χ1v) is 21.7. The molecule has 0 saturated heterocycles. The van der Waals surface area contributed by atoms with Crippen LogP contribution in [-0.4, -0.2) is 52.9 Å². The number of aromatic nitrogens is 3. The summed E-state index contributed by atoms with van der Waals surface area (Å²) in [6.07, 6.45) is 0. The standard InChI is InChI=1S/C54H28B5N3S/c55-50-48(51(56)53(58)54(59)52(50)57)29-20-25-46-38(26-29)49-45(18-9-19-47(49)63-46)62-42-17-8-4-13-35(42)37-28-31(22-24-44(37)62)61-41-16-7-3-12-34(41)36-27-30(21-23-43(36)61)60-39-14-5-1-10-32(39)33-11-2-6-15-40(33)60/h1-28H. The molecule has 0 aliphatic heterocycles. The van der Waals surface area contributed by atoms with Crippen LogP contribution < -0.4 is 27.3 Å². The molecule has 0 unspecified atom stereocenters. The van der Waals surface area contributed by atoms with Crippen molar-refractivity contribution < 1.29 is 0 Å². The molecule has 0 N–H and O–H groups in total. The van der Waals surface area contributed by atoms with Gasteiger partial charge >= 0.3 is 0 Å². The Labute approximate surface area is 373 Å². The second-order valence-electron chi connectivity index (χ2n) is 16.4. The van der Waals surface area contributed by atoms with E-state index in [0.29, 0.717) is 16.5 Å². The molecule has 13 rings (SSSR count). The summed E-state index contributed by atoms with van der Waals surface area (Å²) in [5.74, 6) is 0. The minimum Gasteiger partial charge on any atom is -0.309 e. The van der Waals surface area contributed by atoms with Crippen LogP contribution in [0.3, 0.4) is 0 Å². The fourth-order valence-electron chi connectivity index (χ4n) is 10.2. The maximum Gasteiger partial charge on any atom is 0.113 e. The van der Waals surface area contributed by atoms with Gasteiger partial charge in [0, 0.05) is 63.9 Å². The molecule has 9 aromatic carbocycles. The average molecular weight is 805 g/mol. The van der Waals surface area contributed by atoms with Crippen molar-refractivity contribution in [1.29, 1.82) is 0 Å². The number of thiophene rings is 1. The third-order valence-electron chi connectivity index (χ3n) is 13.1. The van der Waals surface area contributed by atoms with Crippen molar-refractivity contribution in [2.45, 2.75) is 0 Å². The summed E-state index contributed by atoms with van der Waals surface area (Å²) < 4.78 is 9.52. The second-order valence-corrected chi connectivity index (χ2v) is 17.5. The van der Waals surface area contributed by atoms with Crippen LogP contribution in [0.2, 0.25) is 0 Å². The largest absolute Gasteiger partial charge is 0.309 e. The van der Waals surface area contributed by atoms with E-state index in [1.54, 1.807) is 11.3 Å². The molecular weight excluding hydrogens is 777 g/mol. The predicted molar refractivity (Wildman–Crippen MR) is 275 cm³/mol. The molecular formula is C54H28B5N3S. The number of rotatable bonds is 4. The zero-order chi connectivity index (χ0) is 42.2. The Morgan fingerprint density at radius 1 is 0.317 bits per heavy atom. The van der Waals surface area contributed by atoms with Gasteiger partial charge in [-0.25, -0.2) is 0 Å². The van der Waals surface area contributed by atoms with Crippen LogP contribution in [0.1, 0.15) is 0 Å². The first-order valence-electron chi connectivity index (χ1n) is 20.9. The number of hydrogen-bond donors (Lipinski definition) is 0. The topological polar surface area (TPSA) is 14.8 Å². The molecule has 4 aromatic heterocycles. The van der Waals surface area contributed by atoms with E-state index in [2.05, 4.69) is 177 Å². The molecule has 0 aliphatic carbocycles. The molecule has 0 aliphatic rings. The first kappa shape index (κ1) is 36.6. The zero-order valence-electron chi connectivity index (χ0n) is 33.8. The van der Waals surface area contributed by atoms with E-state index in [-0.39, 0.29) is 16.4 Å². The summed E-state index contributed by atoms with van der Waals surface area (Å²) in [7, 11) is 32.0. The van der Waals surface area contributed by atoms with Gasteiger partial charge in [0.2, 0.25) is 0 Å². The Morgan fingerprint density at radius 3 is 1.30 bits per heavy atom. The SMILES string of the molecule is [B]c1c([B])c([B])c(-c2ccc3sc4cccc(-n5c6ccccc6c6cc(-n7c8ccccc8c8cc(-n9c%10ccccc%10c%10ccccc%109)ccc87)ccc65)c4c3c2)c([B])c1[B]. The van der Waals surface area contributed by atoms with Gasteiger partial charge in [-0.15, -0.1) is 27.7 Å². The lowest BCUT2D eigenvalue weighted by Crippen LogP contribution is -2.55. The summed E-state index contributed by atoms with van der Waals surface area (Å²) in [5, 5.41) is 9.49. The van der Waals surface area contributed by atoms with Crippen molar-refractivity contribution in [3.8, 4) is 28.2 Å². The zero-order valence-corrected chi connectivity index (χ0v) is 34.6.